The molecule has 0 amide bonds. The first kappa shape index (κ1) is 16.3. The van der Waals surface area contributed by atoms with Crippen molar-refractivity contribution in [3.63, 3.8) is 0 Å². The number of H-pyrrole nitrogens is 1. The van der Waals surface area contributed by atoms with Crippen LogP contribution in [0.15, 0.2) is 14.7 Å². The first-order valence-electron chi connectivity index (χ1n) is 6.42. The average molecular weight is 327 g/mol. The summed E-state index contributed by atoms with van der Waals surface area (Å²) in [5, 5.41) is 10.4. The molecule has 10 heteroatoms. The quantitative estimate of drug-likeness (QED) is 0.627. The van der Waals surface area contributed by atoms with E-state index in [0.29, 0.717) is 18.3 Å². The van der Waals surface area contributed by atoms with Crippen LogP contribution in [-0.2, 0) is 23.1 Å². The van der Waals surface area contributed by atoms with Gasteiger partial charge in [0.05, 0.1) is 12.6 Å². The number of nitrogens with one attached hydrogen (secondary N) is 1. The SMILES string of the molecule is COCCn1c(S[C@H](C)C(=O)[O-])nc2c1c(=O)[nH]c(=O)n2C. The Morgan fingerprint density at radius 1 is 1.50 bits per heavy atom. The number of imidazole rings is 1. The minimum atomic E-state index is -1.24. The topological polar surface area (TPSA) is 122 Å². The summed E-state index contributed by atoms with van der Waals surface area (Å²) in [4.78, 5) is 41.0. The number of fused-ring (bicyclic) bond motifs is 1. The zero-order valence-corrected chi connectivity index (χ0v) is 13.1. The molecule has 0 spiro atoms. The van der Waals surface area contributed by atoms with E-state index in [4.69, 9.17) is 4.74 Å². The first-order chi connectivity index (χ1) is 10.4. The van der Waals surface area contributed by atoms with Gasteiger partial charge in [0.15, 0.2) is 16.3 Å². The largest absolute Gasteiger partial charge is 0.549 e. The van der Waals surface area contributed by atoms with Gasteiger partial charge in [-0.1, -0.05) is 11.8 Å². The summed E-state index contributed by atoms with van der Waals surface area (Å²) in [6, 6.07) is 0. The second-order valence-corrected chi connectivity index (χ2v) is 5.92. The number of aromatic nitrogens is 4. The summed E-state index contributed by atoms with van der Waals surface area (Å²) < 4.78 is 7.74. The van der Waals surface area contributed by atoms with E-state index >= 15 is 0 Å². The van der Waals surface area contributed by atoms with Crippen molar-refractivity contribution in [3.8, 4) is 0 Å². The second kappa shape index (κ2) is 6.36. The molecule has 0 aliphatic heterocycles. The minimum absolute atomic E-state index is 0.193. The number of carboxylic acid groups (broad SMARTS) is 1. The van der Waals surface area contributed by atoms with Crippen molar-refractivity contribution in [2.75, 3.05) is 13.7 Å². The number of aryl methyl sites for hydroxylation is 1. The molecule has 9 nitrogen and oxygen atoms in total. The van der Waals surface area contributed by atoms with Gasteiger partial charge in [0.1, 0.15) is 0 Å². The third-order valence-corrected chi connectivity index (χ3v) is 4.17. The highest BCUT2D eigenvalue weighted by Gasteiger charge is 2.19. The minimum Gasteiger partial charge on any atom is -0.549 e. The molecule has 22 heavy (non-hydrogen) atoms. The van der Waals surface area contributed by atoms with Gasteiger partial charge in [0.25, 0.3) is 5.56 Å². The van der Waals surface area contributed by atoms with Crippen molar-refractivity contribution in [2.45, 2.75) is 23.9 Å². The molecule has 2 heterocycles. The van der Waals surface area contributed by atoms with Crippen molar-refractivity contribution in [2.24, 2.45) is 7.05 Å². The average Bonchev–Trinajstić information content (AvgIpc) is 2.81. The van der Waals surface area contributed by atoms with Gasteiger partial charge in [-0.25, -0.2) is 9.78 Å². The Morgan fingerprint density at radius 3 is 2.77 bits per heavy atom. The lowest BCUT2D eigenvalue weighted by Crippen LogP contribution is -2.31. The van der Waals surface area contributed by atoms with Crippen LogP contribution in [0.1, 0.15) is 6.92 Å². The van der Waals surface area contributed by atoms with Crippen LogP contribution in [0.25, 0.3) is 11.2 Å². The van der Waals surface area contributed by atoms with Crippen LogP contribution in [0.3, 0.4) is 0 Å². The fourth-order valence-corrected chi connectivity index (χ4v) is 2.76. The van der Waals surface area contributed by atoms with E-state index in [1.165, 1.54) is 25.6 Å². The van der Waals surface area contributed by atoms with Gasteiger partial charge in [-0.05, 0) is 6.92 Å². The van der Waals surface area contributed by atoms with Gasteiger partial charge in [0.2, 0.25) is 0 Å². The van der Waals surface area contributed by atoms with E-state index in [2.05, 4.69) is 9.97 Å². The Hall–Kier alpha value is -2.07. The van der Waals surface area contributed by atoms with E-state index in [0.717, 1.165) is 11.8 Å². The van der Waals surface area contributed by atoms with E-state index < -0.39 is 22.5 Å². The fraction of sp³-hybridized carbons (Fsp3) is 0.500. The molecular weight excluding hydrogens is 312 g/mol. The van der Waals surface area contributed by atoms with Crippen molar-refractivity contribution in [1.82, 2.24) is 19.1 Å². The van der Waals surface area contributed by atoms with Gasteiger partial charge < -0.3 is 19.2 Å². The molecule has 1 N–H and O–H groups in total. The summed E-state index contributed by atoms with van der Waals surface area (Å²) in [5.74, 6) is -1.24. The zero-order chi connectivity index (χ0) is 16.4. The number of hydrogen-bond acceptors (Lipinski definition) is 7. The van der Waals surface area contributed by atoms with Crippen molar-refractivity contribution < 1.29 is 14.6 Å². The Labute approximate surface area is 128 Å². The lowest BCUT2D eigenvalue weighted by Gasteiger charge is -2.13. The highest BCUT2D eigenvalue weighted by Crippen LogP contribution is 2.25. The maximum atomic E-state index is 12.1. The summed E-state index contributed by atoms with van der Waals surface area (Å²) in [6.07, 6.45) is 0. The molecular formula is C12H15N4O5S-. The number of methoxy groups -OCH3 is 1. The molecule has 1 atom stereocenters. The molecule has 0 unspecified atom stereocenters. The number of aliphatic carboxylic acids is 1. The van der Waals surface area contributed by atoms with E-state index in [9.17, 15) is 19.5 Å². The zero-order valence-electron chi connectivity index (χ0n) is 12.3. The highest BCUT2D eigenvalue weighted by molar-refractivity contribution is 8.00. The molecule has 2 aromatic heterocycles. The Morgan fingerprint density at radius 2 is 2.18 bits per heavy atom. The molecule has 0 aromatic carbocycles. The number of carbonyl (C=O) groups is 1. The smallest absolute Gasteiger partial charge is 0.329 e. The normalized spacial score (nSPS) is 12.7. The maximum absolute atomic E-state index is 12.1. The third-order valence-electron chi connectivity index (χ3n) is 3.11. The summed E-state index contributed by atoms with van der Waals surface area (Å²) in [7, 11) is 2.99. The first-order valence-corrected chi connectivity index (χ1v) is 7.30. The molecule has 0 saturated heterocycles. The molecule has 0 aliphatic carbocycles. The monoisotopic (exact) mass is 327 g/mol. The molecule has 0 fully saturated rings. The van der Waals surface area contributed by atoms with Crippen molar-refractivity contribution in [1.29, 1.82) is 0 Å². The number of thioether (sulfide) groups is 1. The number of hydrogen-bond donors (Lipinski definition) is 1. The molecule has 120 valence electrons. The van der Waals surface area contributed by atoms with Crippen LogP contribution in [-0.4, -0.2) is 44.0 Å². The molecule has 0 bridgehead atoms. The Bertz CT molecular complexity index is 821. The molecule has 0 saturated carbocycles. The number of carbonyl (C=O) groups excluding carboxylic acids is 1. The molecule has 2 aromatic rings. The lowest BCUT2D eigenvalue weighted by atomic mass is 10.5. The number of aromatic amines is 1. The fourth-order valence-electron chi connectivity index (χ4n) is 1.90. The molecule has 0 aliphatic rings. The van der Waals surface area contributed by atoms with E-state index in [1.54, 1.807) is 4.57 Å². The number of nitrogens with zero attached hydrogens (tertiary/aromatic N) is 3. The van der Waals surface area contributed by atoms with Crippen LogP contribution in [0, 0.1) is 0 Å². The van der Waals surface area contributed by atoms with E-state index in [1.807, 2.05) is 0 Å². The standard InChI is InChI=1S/C12H16N4O5S/c1-6(10(18)19)22-12-13-8-7(16(12)4-5-21-3)9(17)14-11(20)15(8)2/h6H,4-5H2,1-3H3,(H,18,19)(H,14,17,20)/p-1/t6-/m1/s1. The van der Waals surface area contributed by atoms with Gasteiger partial charge in [0, 0.05) is 26.0 Å². The van der Waals surface area contributed by atoms with Crippen molar-refractivity contribution in [3.05, 3.63) is 20.8 Å². The summed E-state index contributed by atoms with van der Waals surface area (Å²) in [5.41, 5.74) is -0.766. The van der Waals surface area contributed by atoms with Crippen LogP contribution in [0.5, 0.6) is 0 Å². The Balaban J connectivity index is 2.66. The lowest BCUT2D eigenvalue weighted by molar-refractivity contribution is -0.304. The van der Waals surface area contributed by atoms with Crippen LogP contribution < -0.4 is 16.4 Å². The van der Waals surface area contributed by atoms with Crippen molar-refractivity contribution >= 4 is 28.9 Å². The molecule has 2 rings (SSSR count). The molecule has 0 radical (unpaired) electrons. The van der Waals surface area contributed by atoms with Gasteiger partial charge in [-0.3, -0.25) is 14.3 Å². The maximum Gasteiger partial charge on any atom is 0.329 e. The summed E-state index contributed by atoms with van der Waals surface area (Å²) in [6.45, 7) is 2.07. The predicted molar refractivity (Wildman–Crippen MR) is 77.8 cm³/mol. The van der Waals surface area contributed by atoms with Crippen LogP contribution in [0.2, 0.25) is 0 Å². The predicted octanol–water partition coefficient (Wildman–Crippen LogP) is -1.70. The summed E-state index contributed by atoms with van der Waals surface area (Å²) >= 11 is 0.944. The highest BCUT2D eigenvalue weighted by atomic mass is 32.2. The van der Waals surface area contributed by atoms with Gasteiger partial charge in [-0.15, -0.1) is 0 Å². The number of carboxylic acids is 1. The second-order valence-electron chi connectivity index (χ2n) is 4.61. The van der Waals surface area contributed by atoms with Crippen LogP contribution >= 0.6 is 11.8 Å². The van der Waals surface area contributed by atoms with Crippen LogP contribution in [0.4, 0.5) is 0 Å². The van der Waals surface area contributed by atoms with Gasteiger partial charge in [-0.2, -0.15) is 0 Å². The number of ether oxygens (including phenoxy) is 1. The third kappa shape index (κ3) is 2.92. The van der Waals surface area contributed by atoms with Gasteiger partial charge >= 0.3 is 5.69 Å². The van der Waals surface area contributed by atoms with E-state index in [-0.39, 0.29) is 11.2 Å². The number of rotatable bonds is 6. The Kier molecular flexibility index (Phi) is 4.71.